The van der Waals surface area contributed by atoms with E-state index in [0.717, 1.165) is 73.7 Å². The molecule has 0 radical (unpaired) electrons. The molecule has 0 aliphatic carbocycles. The Morgan fingerprint density at radius 3 is 2.25 bits per heavy atom. The van der Waals surface area contributed by atoms with Gasteiger partial charge in [-0.05, 0) is 63.6 Å². The molecule has 2 saturated heterocycles. The van der Waals surface area contributed by atoms with Gasteiger partial charge in [-0.2, -0.15) is 0 Å². The quantitative estimate of drug-likeness (QED) is 0.213. The third kappa shape index (κ3) is 12.5. The molecule has 1 aromatic carbocycles. The van der Waals surface area contributed by atoms with E-state index in [9.17, 15) is 24.3 Å². The number of aromatic nitrogens is 1. The summed E-state index contributed by atoms with van der Waals surface area (Å²) in [6.45, 7) is 18.4. The fourth-order valence-corrected chi connectivity index (χ4v) is 7.31. The number of alkyl carbamates (subject to hydrolysis) is 1. The van der Waals surface area contributed by atoms with E-state index in [1.54, 1.807) is 11.3 Å². The van der Waals surface area contributed by atoms with Crippen LogP contribution >= 0.6 is 11.3 Å². The molecule has 2 fully saturated rings. The number of rotatable bonds is 14. The second-order valence-electron chi connectivity index (χ2n) is 16.1. The van der Waals surface area contributed by atoms with Crippen molar-refractivity contribution in [2.75, 3.05) is 52.4 Å². The largest absolute Gasteiger partial charge is 0.444 e. The van der Waals surface area contributed by atoms with Crippen LogP contribution in [0.5, 0.6) is 0 Å². The van der Waals surface area contributed by atoms with Gasteiger partial charge in [0.05, 0.1) is 28.7 Å². The number of aliphatic hydroxyl groups is 1. The second-order valence-corrected chi connectivity index (χ2v) is 16.9. The number of carbonyl (C=O) groups is 4. The van der Waals surface area contributed by atoms with Gasteiger partial charge >= 0.3 is 6.09 Å². The lowest BCUT2D eigenvalue weighted by Crippen LogP contribution is -2.59. The molecule has 1 aromatic heterocycles. The fraction of sp³-hybridized carbons (Fsp3) is 0.658. The summed E-state index contributed by atoms with van der Waals surface area (Å²) in [7, 11) is 0. The SMILES string of the molecule is Cc1ncsc1-c1ccc(CNC(=O)[C@@H]2C[C@@H](O)CN2C(=O)[C@@H](NC(=O)CN2CCN(CCCCCNC(=O)OC(C)(C)C)CC2)C(C)(C)C)cc1. The lowest BCUT2D eigenvalue weighted by molar-refractivity contribution is -0.144. The highest BCUT2D eigenvalue weighted by Gasteiger charge is 2.44. The zero-order valence-electron chi connectivity index (χ0n) is 32.0. The molecule has 0 spiro atoms. The number of carbonyl (C=O) groups excluding carboxylic acids is 4. The molecule has 52 heavy (non-hydrogen) atoms. The van der Waals surface area contributed by atoms with Gasteiger partial charge < -0.3 is 35.6 Å². The van der Waals surface area contributed by atoms with Gasteiger partial charge in [0.15, 0.2) is 0 Å². The highest BCUT2D eigenvalue weighted by molar-refractivity contribution is 7.13. The van der Waals surface area contributed by atoms with Crippen LogP contribution in [0, 0.1) is 12.3 Å². The predicted octanol–water partition coefficient (Wildman–Crippen LogP) is 3.54. The van der Waals surface area contributed by atoms with E-state index < -0.39 is 29.2 Å². The van der Waals surface area contributed by atoms with Crippen LogP contribution in [0.3, 0.4) is 0 Å². The molecule has 0 saturated carbocycles. The van der Waals surface area contributed by atoms with E-state index in [-0.39, 0.29) is 49.9 Å². The maximum atomic E-state index is 14.0. The van der Waals surface area contributed by atoms with Crippen molar-refractivity contribution < 1.29 is 29.0 Å². The number of aliphatic hydroxyl groups excluding tert-OH is 1. The van der Waals surface area contributed by atoms with E-state index in [1.807, 2.05) is 78.2 Å². The van der Waals surface area contributed by atoms with Gasteiger partial charge in [-0.3, -0.25) is 19.3 Å². The van der Waals surface area contributed by atoms with Crippen LogP contribution in [0.1, 0.15) is 78.5 Å². The minimum Gasteiger partial charge on any atom is -0.444 e. The Hall–Kier alpha value is -3.59. The Labute approximate surface area is 312 Å². The molecular weight excluding hydrogens is 683 g/mol. The zero-order valence-corrected chi connectivity index (χ0v) is 32.8. The summed E-state index contributed by atoms with van der Waals surface area (Å²) in [5.74, 6) is -0.938. The number of benzene rings is 1. The summed E-state index contributed by atoms with van der Waals surface area (Å²) in [4.78, 5) is 63.8. The number of hydrogen-bond acceptors (Lipinski definition) is 10. The molecule has 0 unspecified atom stereocenters. The predicted molar refractivity (Wildman–Crippen MR) is 203 cm³/mol. The highest BCUT2D eigenvalue weighted by Crippen LogP contribution is 2.28. The lowest BCUT2D eigenvalue weighted by Gasteiger charge is -2.37. The number of β-amino-alcohol motifs (C(OH)–C–C–N with tert-alkyl or cyclic N) is 1. The first-order valence-electron chi connectivity index (χ1n) is 18.5. The average molecular weight is 742 g/mol. The Bertz CT molecular complexity index is 1490. The summed E-state index contributed by atoms with van der Waals surface area (Å²) < 4.78 is 5.26. The van der Waals surface area contributed by atoms with Crippen LogP contribution in [-0.2, 0) is 25.7 Å². The Kier molecular flexibility index (Phi) is 14.6. The van der Waals surface area contributed by atoms with E-state index in [1.165, 1.54) is 4.90 Å². The number of hydrogen-bond donors (Lipinski definition) is 4. The minimum absolute atomic E-state index is 0.0322. The summed E-state index contributed by atoms with van der Waals surface area (Å²) in [6.07, 6.45) is 1.83. The Morgan fingerprint density at radius 1 is 0.962 bits per heavy atom. The maximum Gasteiger partial charge on any atom is 0.407 e. The number of likely N-dealkylation sites (tertiary alicyclic amines) is 1. The number of thiazole rings is 1. The van der Waals surface area contributed by atoms with Crippen LogP contribution in [-0.4, -0.2) is 125 Å². The van der Waals surface area contributed by atoms with Crippen LogP contribution in [0.15, 0.2) is 29.8 Å². The molecule has 288 valence electrons. The van der Waals surface area contributed by atoms with Gasteiger partial charge in [-0.15, -0.1) is 11.3 Å². The normalized spacial score (nSPS) is 19.3. The van der Waals surface area contributed by atoms with Gasteiger partial charge in [0, 0.05) is 52.2 Å². The molecule has 4 N–H and O–H groups in total. The van der Waals surface area contributed by atoms with Crippen molar-refractivity contribution in [1.82, 2.24) is 35.6 Å². The van der Waals surface area contributed by atoms with E-state index in [4.69, 9.17) is 4.74 Å². The zero-order chi connectivity index (χ0) is 38.1. The van der Waals surface area contributed by atoms with Crippen molar-refractivity contribution in [3.63, 3.8) is 0 Å². The summed E-state index contributed by atoms with van der Waals surface area (Å²) >= 11 is 1.58. The summed E-state index contributed by atoms with van der Waals surface area (Å²) in [6, 6.07) is 6.23. The molecule has 3 atom stereocenters. The molecule has 13 nitrogen and oxygen atoms in total. The maximum absolute atomic E-state index is 14.0. The number of amides is 4. The first kappa shape index (κ1) is 41.2. The number of aryl methyl sites for hydroxylation is 1. The molecule has 14 heteroatoms. The number of unbranched alkanes of at least 4 members (excludes halogenated alkanes) is 2. The van der Waals surface area contributed by atoms with Gasteiger partial charge in [0.25, 0.3) is 0 Å². The van der Waals surface area contributed by atoms with Crippen molar-refractivity contribution in [1.29, 1.82) is 0 Å². The Morgan fingerprint density at radius 2 is 1.63 bits per heavy atom. The Balaban J connectivity index is 1.21. The first-order valence-corrected chi connectivity index (χ1v) is 19.3. The van der Waals surface area contributed by atoms with Gasteiger partial charge in [0.2, 0.25) is 17.7 Å². The van der Waals surface area contributed by atoms with Crippen molar-refractivity contribution in [3.05, 3.63) is 41.0 Å². The molecule has 2 aromatic rings. The standard InChI is InChI=1S/C38H59N7O6S/c1-26-32(52-25-41-26)28-13-11-27(12-14-28)22-40-34(48)30-21-29(46)23-45(30)35(49)33(37(2,3)4)42-31(47)24-44-19-17-43(18-20-44)16-10-8-9-15-39-36(50)51-38(5,6)7/h11-14,25,29-30,33,46H,8-10,15-24H2,1-7H3,(H,39,50)(H,40,48)(H,42,47)/t29-,30+,33-/m1/s1. The van der Waals surface area contributed by atoms with Crippen molar-refractivity contribution >= 4 is 35.2 Å². The summed E-state index contributed by atoms with van der Waals surface area (Å²) in [5, 5.41) is 19.3. The monoisotopic (exact) mass is 741 g/mol. The average Bonchev–Trinajstić information content (AvgIpc) is 3.68. The molecule has 2 aliphatic heterocycles. The number of nitrogens with one attached hydrogen (secondary N) is 3. The number of nitrogens with zero attached hydrogens (tertiary/aromatic N) is 4. The minimum atomic E-state index is -0.866. The van der Waals surface area contributed by atoms with Crippen LogP contribution in [0.4, 0.5) is 4.79 Å². The molecular formula is C38H59N7O6S. The molecule has 2 aliphatic rings. The third-order valence-corrected chi connectivity index (χ3v) is 10.3. The molecule has 4 amide bonds. The number of piperazine rings is 1. The number of ether oxygens (including phenoxy) is 1. The van der Waals surface area contributed by atoms with Crippen LogP contribution in [0.25, 0.3) is 10.4 Å². The van der Waals surface area contributed by atoms with Crippen molar-refractivity contribution in [2.45, 2.75) is 104 Å². The highest BCUT2D eigenvalue weighted by atomic mass is 32.1. The first-order chi connectivity index (χ1) is 24.5. The second kappa shape index (κ2) is 18.4. The molecule has 4 rings (SSSR count). The summed E-state index contributed by atoms with van der Waals surface area (Å²) in [5.41, 5.74) is 3.66. The van der Waals surface area contributed by atoms with Gasteiger partial charge in [0.1, 0.15) is 17.7 Å². The van der Waals surface area contributed by atoms with E-state index in [2.05, 4.69) is 30.7 Å². The smallest absolute Gasteiger partial charge is 0.407 e. The van der Waals surface area contributed by atoms with Crippen molar-refractivity contribution in [3.8, 4) is 10.4 Å². The van der Waals surface area contributed by atoms with Gasteiger partial charge in [-0.25, -0.2) is 9.78 Å². The van der Waals surface area contributed by atoms with E-state index >= 15 is 0 Å². The van der Waals surface area contributed by atoms with Crippen molar-refractivity contribution in [2.24, 2.45) is 5.41 Å². The van der Waals surface area contributed by atoms with Crippen LogP contribution in [0.2, 0.25) is 0 Å². The molecule has 0 bridgehead atoms. The van der Waals surface area contributed by atoms with E-state index in [0.29, 0.717) is 6.54 Å². The van der Waals surface area contributed by atoms with Gasteiger partial charge in [-0.1, -0.05) is 51.5 Å². The van der Waals surface area contributed by atoms with Crippen LogP contribution < -0.4 is 16.0 Å². The fourth-order valence-electron chi connectivity index (χ4n) is 6.50. The lowest BCUT2D eigenvalue weighted by atomic mass is 9.85. The molecule has 3 heterocycles. The topological polar surface area (TPSA) is 156 Å². The third-order valence-electron chi connectivity index (χ3n) is 9.36.